The number of carbonyl (C=O) groups is 2. The molecule has 1 atom stereocenters. The van der Waals surface area contributed by atoms with E-state index in [1.54, 1.807) is 36.4 Å². The molecule has 0 fully saturated rings. The Balaban J connectivity index is 1.77. The smallest absolute Gasteiger partial charge is 0.295 e. The molecule has 5 rings (SSSR count). The van der Waals surface area contributed by atoms with Crippen LogP contribution in [0.15, 0.2) is 75.9 Å². The maximum absolute atomic E-state index is 13.6. The van der Waals surface area contributed by atoms with Gasteiger partial charge in [0.25, 0.3) is 5.91 Å². The van der Waals surface area contributed by atoms with Crippen molar-refractivity contribution in [3.63, 3.8) is 0 Å². The van der Waals surface area contributed by atoms with Crippen LogP contribution in [0.25, 0.3) is 11.0 Å². The number of fused-ring (bicyclic) bond motifs is 2. The van der Waals surface area contributed by atoms with E-state index in [1.807, 2.05) is 0 Å². The Morgan fingerprint density at radius 3 is 2.34 bits per heavy atom. The van der Waals surface area contributed by atoms with Crippen molar-refractivity contribution in [2.75, 3.05) is 4.90 Å². The summed E-state index contributed by atoms with van der Waals surface area (Å²) in [6.45, 7) is 1.45. The molecule has 158 valence electrons. The van der Waals surface area contributed by atoms with E-state index in [0.29, 0.717) is 21.8 Å². The third-order valence-corrected chi connectivity index (χ3v) is 5.81. The zero-order chi connectivity index (χ0) is 22.6. The largest absolute Gasteiger partial charge is 0.450 e. The molecule has 0 saturated heterocycles. The molecule has 1 aliphatic heterocycles. The van der Waals surface area contributed by atoms with Gasteiger partial charge in [-0.1, -0.05) is 23.7 Å². The van der Waals surface area contributed by atoms with Crippen LogP contribution in [0.5, 0.6) is 0 Å². The first-order valence-electron chi connectivity index (χ1n) is 9.81. The van der Waals surface area contributed by atoms with Crippen LogP contribution in [0.4, 0.5) is 10.1 Å². The van der Waals surface area contributed by atoms with Crippen molar-refractivity contribution in [1.82, 2.24) is 0 Å². The van der Waals surface area contributed by atoms with Crippen molar-refractivity contribution in [3.8, 4) is 0 Å². The van der Waals surface area contributed by atoms with Gasteiger partial charge in [0.15, 0.2) is 11.2 Å². The number of amides is 1. The standard InChI is InChI=1S/C25H15ClFNO4/c1-13(29)14-4-9-18(10-5-14)28-22(15-2-7-17(27)8-3-15)21-23(30)19-12-16(26)6-11-20(19)32-24(21)25(28)31/h2-12,22H,1H3. The molecule has 1 aliphatic rings. The first-order chi connectivity index (χ1) is 15.3. The lowest BCUT2D eigenvalue weighted by molar-refractivity contribution is 0.0970. The van der Waals surface area contributed by atoms with Gasteiger partial charge in [0, 0.05) is 16.3 Å². The highest BCUT2D eigenvalue weighted by atomic mass is 35.5. The number of nitrogens with zero attached hydrogens (tertiary/aromatic N) is 1. The third kappa shape index (κ3) is 3.11. The molecule has 0 saturated carbocycles. The first-order valence-corrected chi connectivity index (χ1v) is 10.2. The summed E-state index contributed by atoms with van der Waals surface area (Å²) in [6.07, 6.45) is 0. The molecule has 1 aromatic heterocycles. The highest BCUT2D eigenvalue weighted by molar-refractivity contribution is 6.31. The van der Waals surface area contributed by atoms with Gasteiger partial charge in [-0.25, -0.2) is 4.39 Å². The van der Waals surface area contributed by atoms with E-state index in [0.717, 1.165) is 0 Å². The second-order valence-electron chi connectivity index (χ2n) is 7.55. The molecule has 32 heavy (non-hydrogen) atoms. The lowest BCUT2D eigenvalue weighted by Gasteiger charge is -2.25. The van der Waals surface area contributed by atoms with Gasteiger partial charge in [0.1, 0.15) is 11.4 Å². The summed E-state index contributed by atoms with van der Waals surface area (Å²) in [4.78, 5) is 40.0. The predicted octanol–water partition coefficient (Wildman–Crippen LogP) is 5.54. The molecule has 2 heterocycles. The van der Waals surface area contributed by atoms with Gasteiger partial charge in [0.05, 0.1) is 17.0 Å². The Hall–Kier alpha value is -3.77. The number of halogens is 2. The van der Waals surface area contributed by atoms with Crippen LogP contribution in [-0.2, 0) is 0 Å². The van der Waals surface area contributed by atoms with Crippen LogP contribution >= 0.6 is 11.6 Å². The molecule has 0 radical (unpaired) electrons. The lowest BCUT2D eigenvalue weighted by atomic mass is 9.98. The van der Waals surface area contributed by atoms with E-state index in [9.17, 15) is 18.8 Å². The molecule has 5 nitrogen and oxygen atoms in total. The average molecular weight is 448 g/mol. The van der Waals surface area contributed by atoms with Crippen LogP contribution in [0.1, 0.15) is 45.0 Å². The predicted molar refractivity (Wildman–Crippen MR) is 119 cm³/mol. The summed E-state index contributed by atoms with van der Waals surface area (Å²) < 4.78 is 19.5. The molecule has 0 spiro atoms. The third-order valence-electron chi connectivity index (χ3n) is 5.57. The fourth-order valence-corrected chi connectivity index (χ4v) is 4.20. The van der Waals surface area contributed by atoms with Crippen LogP contribution in [-0.4, -0.2) is 11.7 Å². The molecule has 0 bridgehead atoms. The zero-order valence-corrected chi connectivity index (χ0v) is 17.5. The molecule has 4 aromatic rings. The van der Waals surface area contributed by atoms with Gasteiger partial charge in [-0.15, -0.1) is 0 Å². The number of benzene rings is 3. The monoisotopic (exact) mass is 447 g/mol. The number of anilines is 1. The average Bonchev–Trinajstić information content (AvgIpc) is 3.07. The van der Waals surface area contributed by atoms with Crippen LogP contribution < -0.4 is 10.3 Å². The van der Waals surface area contributed by atoms with E-state index < -0.39 is 17.8 Å². The Kier molecular flexibility index (Phi) is 4.68. The minimum Gasteiger partial charge on any atom is -0.450 e. The Bertz CT molecular complexity index is 1460. The molecule has 1 amide bonds. The quantitative estimate of drug-likeness (QED) is 0.387. The highest BCUT2D eigenvalue weighted by Crippen LogP contribution is 2.41. The van der Waals surface area contributed by atoms with E-state index in [4.69, 9.17) is 16.0 Å². The van der Waals surface area contributed by atoms with Gasteiger partial charge in [-0.2, -0.15) is 0 Å². The van der Waals surface area contributed by atoms with E-state index in [-0.39, 0.29) is 33.5 Å². The molecule has 3 aromatic carbocycles. The Labute approximate surface area is 186 Å². The number of ketones is 1. The summed E-state index contributed by atoms with van der Waals surface area (Å²) in [6, 6.07) is 15.9. The Morgan fingerprint density at radius 2 is 1.69 bits per heavy atom. The number of rotatable bonds is 3. The zero-order valence-electron chi connectivity index (χ0n) is 16.8. The number of hydrogen-bond acceptors (Lipinski definition) is 4. The minimum absolute atomic E-state index is 0.0743. The number of Topliss-reactive ketones (excluding diaryl/α,β-unsaturated/α-hetero) is 1. The molecule has 0 N–H and O–H groups in total. The van der Waals surface area contributed by atoms with Crippen LogP contribution in [0.3, 0.4) is 0 Å². The van der Waals surface area contributed by atoms with Gasteiger partial charge < -0.3 is 4.42 Å². The normalized spacial score (nSPS) is 15.3. The summed E-state index contributed by atoms with van der Waals surface area (Å²) in [5.41, 5.74) is 1.54. The topological polar surface area (TPSA) is 67.6 Å². The number of hydrogen-bond donors (Lipinski definition) is 0. The van der Waals surface area contributed by atoms with Crippen molar-refractivity contribution < 1.29 is 18.4 Å². The van der Waals surface area contributed by atoms with Crippen molar-refractivity contribution in [3.05, 3.63) is 110 Å². The number of carbonyl (C=O) groups excluding carboxylic acids is 2. The molecular formula is C25H15ClFNO4. The van der Waals surface area contributed by atoms with Crippen LogP contribution in [0.2, 0.25) is 5.02 Å². The van der Waals surface area contributed by atoms with Crippen molar-refractivity contribution >= 4 is 39.9 Å². The van der Waals surface area contributed by atoms with Gasteiger partial charge >= 0.3 is 0 Å². The summed E-state index contributed by atoms with van der Waals surface area (Å²) in [5.74, 6) is -1.12. The second kappa shape index (κ2) is 7.43. The summed E-state index contributed by atoms with van der Waals surface area (Å²) in [7, 11) is 0. The SMILES string of the molecule is CC(=O)c1ccc(N2C(=O)c3oc4ccc(Cl)cc4c(=O)c3C2c2ccc(F)cc2)cc1. The summed E-state index contributed by atoms with van der Waals surface area (Å²) in [5, 5.41) is 0.619. The highest BCUT2D eigenvalue weighted by Gasteiger charge is 2.43. The summed E-state index contributed by atoms with van der Waals surface area (Å²) >= 11 is 6.08. The van der Waals surface area contributed by atoms with Gasteiger partial charge in [0.2, 0.25) is 5.76 Å². The molecule has 1 unspecified atom stereocenters. The first kappa shape index (κ1) is 20.2. The van der Waals surface area contributed by atoms with Crippen molar-refractivity contribution in [2.45, 2.75) is 13.0 Å². The van der Waals surface area contributed by atoms with E-state index >= 15 is 0 Å². The fraction of sp³-hybridized carbons (Fsp3) is 0.0800. The molecule has 0 aliphatic carbocycles. The second-order valence-corrected chi connectivity index (χ2v) is 7.98. The molecule has 7 heteroatoms. The van der Waals surface area contributed by atoms with E-state index in [2.05, 4.69) is 0 Å². The maximum Gasteiger partial charge on any atom is 0.295 e. The van der Waals surface area contributed by atoms with Gasteiger partial charge in [-0.3, -0.25) is 19.3 Å². The Morgan fingerprint density at radius 1 is 1.00 bits per heavy atom. The fourth-order valence-electron chi connectivity index (χ4n) is 4.03. The maximum atomic E-state index is 13.6. The van der Waals surface area contributed by atoms with Crippen molar-refractivity contribution in [2.24, 2.45) is 0 Å². The van der Waals surface area contributed by atoms with Gasteiger partial charge in [-0.05, 0) is 67.1 Å². The minimum atomic E-state index is -0.832. The molecular weight excluding hydrogens is 433 g/mol. The van der Waals surface area contributed by atoms with E-state index in [1.165, 1.54) is 42.2 Å². The van der Waals surface area contributed by atoms with Crippen LogP contribution in [0, 0.1) is 5.82 Å². The lowest BCUT2D eigenvalue weighted by Crippen LogP contribution is -2.29. The van der Waals surface area contributed by atoms with Crippen molar-refractivity contribution in [1.29, 1.82) is 0 Å².